The number of aryl methyl sites for hydroxylation is 2. The third-order valence-electron chi connectivity index (χ3n) is 3.98. The van der Waals surface area contributed by atoms with Gasteiger partial charge in [0.1, 0.15) is 11.6 Å². The van der Waals surface area contributed by atoms with Crippen molar-refractivity contribution in [2.75, 3.05) is 55.0 Å². The van der Waals surface area contributed by atoms with Crippen molar-refractivity contribution in [1.29, 1.82) is 0 Å². The molecule has 0 bridgehead atoms. The van der Waals surface area contributed by atoms with Crippen LogP contribution in [0.3, 0.4) is 0 Å². The zero-order chi connectivity index (χ0) is 16.4. The van der Waals surface area contributed by atoms with Crippen LogP contribution < -0.4 is 14.7 Å². The van der Waals surface area contributed by atoms with Gasteiger partial charge in [-0.25, -0.2) is 9.97 Å². The molecule has 122 valence electrons. The first-order chi connectivity index (χ1) is 11.0. The molecule has 2 aromatic rings. The summed E-state index contributed by atoms with van der Waals surface area (Å²) in [5, 5.41) is 0. The molecule has 2 aromatic heterocycles. The highest BCUT2D eigenvalue weighted by atomic mass is 15.3. The number of nitrogens with zero attached hydrogens (tertiary/aromatic N) is 7. The quantitative estimate of drug-likeness (QED) is 0.846. The fourth-order valence-electron chi connectivity index (χ4n) is 2.70. The SMILES string of the molecule is Cc1cnc(C)c(N2CCN(c3ccnc(N(C)C)n3)CC2)n1. The minimum Gasteiger partial charge on any atom is -0.353 e. The van der Waals surface area contributed by atoms with Gasteiger partial charge in [0, 0.05) is 52.7 Å². The van der Waals surface area contributed by atoms with E-state index in [1.165, 1.54) is 0 Å². The molecule has 0 atom stereocenters. The van der Waals surface area contributed by atoms with E-state index >= 15 is 0 Å². The van der Waals surface area contributed by atoms with Crippen LogP contribution in [-0.4, -0.2) is 60.2 Å². The Balaban J connectivity index is 1.71. The monoisotopic (exact) mass is 313 g/mol. The summed E-state index contributed by atoms with van der Waals surface area (Å²) < 4.78 is 0. The molecule has 1 aliphatic heterocycles. The van der Waals surface area contributed by atoms with Gasteiger partial charge >= 0.3 is 0 Å². The third kappa shape index (κ3) is 3.33. The Morgan fingerprint density at radius 2 is 1.65 bits per heavy atom. The van der Waals surface area contributed by atoms with Gasteiger partial charge in [0.25, 0.3) is 0 Å². The molecule has 0 spiro atoms. The molecule has 0 aliphatic carbocycles. The molecule has 0 unspecified atom stereocenters. The number of hydrogen-bond acceptors (Lipinski definition) is 7. The minimum absolute atomic E-state index is 0.741. The molecule has 1 fully saturated rings. The van der Waals surface area contributed by atoms with Crippen molar-refractivity contribution < 1.29 is 0 Å². The molecule has 3 rings (SSSR count). The Hall–Kier alpha value is -2.44. The highest BCUT2D eigenvalue weighted by molar-refractivity contribution is 5.48. The Kier molecular flexibility index (Phi) is 4.27. The van der Waals surface area contributed by atoms with Crippen LogP contribution in [0, 0.1) is 13.8 Å². The van der Waals surface area contributed by atoms with Gasteiger partial charge in [-0.1, -0.05) is 0 Å². The highest BCUT2D eigenvalue weighted by Gasteiger charge is 2.21. The van der Waals surface area contributed by atoms with Gasteiger partial charge in [-0.05, 0) is 19.9 Å². The van der Waals surface area contributed by atoms with Crippen LogP contribution in [0.25, 0.3) is 0 Å². The maximum absolute atomic E-state index is 4.64. The fraction of sp³-hybridized carbons (Fsp3) is 0.500. The number of hydrogen-bond donors (Lipinski definition) is 0. The topological polar surface area (TPSA) is 61.3 Å². The third-order valence-corrected chi connectivity index (χ3v) is 3.98. The lowest BCUT2D eigenvalue weighted by molar-refractivity contribution is 0.637. The van der Waals surface area contributed by atoms with Crippen LogP contribution in [0.1, 0.15) is 11.4 Å². The van der Waals surface area contributed by atoms with E-state index < -0.39 is 0 Å². The van der Waals surface area contributed by atoms with Crippen LogP contribution >= 0.6 is 0 Å². The second-order valence-corrected chi connectivity index (χ2v) is 6.00. The molecule has 23 heavy (non-hydrogen) atoms. The Labute approximate surface area is 137 Å². The van der Waals surface area contributed by atoms with Gasteiger partial charge in [0.2, 0.25) is 5.95 Å². The van der Waals surface area contributed by atoms with E-state index in [1.807, 2.05) is 51.3 Å². The molecule has 0 saturated carbocycles. The second kappa shape index (κ2) is 6.36. The van der Waals surface area contributed by atoms with Gasteiger partial charge in [0.05, 0.1) is 11.4 Å². The Morgan fingerprint density at radius 1 is 0.957 bits per heavy atom. The smallest absolute Gasteiger partial charge is 0.226 e. The molecule has 1 aliphatic rings. The highest BCUT2D eigenvalue weighted by Crippen LogP contribution is 2.20. The lowest BCUT2D eigenvalue weighted by atomic mass is 10.3. The largest absolute Gasteiger partial charge is 0.353 e. The average Bonchev–Trinajstić information content (AvgIpc) is 2.57. The van der Waals surface area contributed by atoms with Crippen LogP contribution in [-0.2, 0) is 0 Å². The number of anilines is 3. The van der Waals surface area contributed by atoms with E-state index in [9.17, 15) is 0 Å². The summed E-state index contributed by atoms with van der Waals surface area (Å²) in [7, 11) is 3.91. The normalized spacial score (nSPS) is 15.0. The maximum Gasteiger partial charge on any atom is 0.226 e. The summed E-state index contributed by atoms with van der Waals surface area (Å²) in [4.78, 5) is 24.5. The number of piperazine rings is 1. The van der Waals surface area contributed by atoms with Crippen molar-refractivity contribution in [2.24, 2.45) is 0 Å². The zero-order valence-electron chi connectivity index (χ0n) is 14.2. The van der Waals surface area contributed by atoms with Crippen molar-refractivity contribution in [1.82, 2.24) is 19.9 Å². The summed E-state index contributed by atoms with van der Waals surface area (Å²) in [6.07, 6.45) is 3.64. The van der Waals surface area contributed by atoms with E-state index in [0.29, 0.717) is 0 Å². The first-order valence-electron chi connectivity index (χ1n) is 7.85. The van der Waals surface area contributed by atoms with Crippen LogP contribution in [0.2, 0.25) is 0 Å². The van der Waals surface area contributed by atoms with Gasteiger partial charge in [0.15, 0.2) is 0 Å². The fourth-order valence-corrected chi connectivity index (χ4v) is 2.70. The molecule has 7 nitrogen and oxygen atoms in total. The van der Waals surface area contributed by atoms with E-state index in [1.54, 1.807) is 0 Å². The summed E-state index contributed by atoms with van der Waals surface area (Å²) in [6, 6.07) is 1.97. The lowest BCUT2D eigenvalue weighted by Gasteiger charge is -2.36. The molecule has 7 heteroatoms. The zero-order valence-corrected chi connectivity index (χ0v) is 14.2. The molecule has 0 aromatic carbocycles. The van der Waals surface area contributed by atoms with E-state index in [2.05, 4.69) is 29.7 Å². The second-order valence-electron chi connectivity index (χ2n) is 6.00. The number of rotatable bonds is 3. The predicted molar refractivity (Wildman–Crippen MR) is 92.3 cm³/mol. The maximum atomic E-state index is 4.64. The first kappa shape index (κ1) is 15.5. The van der Waals surface area contributed by atoms with Gasteiger partial charge < -0.3 is 14.7 Å². The number of aromatic nitrogens is 4. The summed E-state index contributed by atoms with van der Waals surface area (Å²) in [6.45, 7) is 7.66. The van der Waals surface area contributed by atoms with Crippen molar-refractivity contribution in [3.05, 3.63) is 29.8 Å². The molecule has 0 N–H and O–H groups in total. The van der Waals surface area contributed by atoms with Crippen LogP contribution in [0.4, 0.5) is 17.6 Å². The van der Waals surface area contributed by atoms with Gasteiger partial charge in [-0.2, -0.15) is 4.98 Å². The van der Waals surface area contributed by atoms with E-state index in [4.69, 9.17) is 0 Å². The predicted octanol–water partition coefficient (Wildman–Crippen LogP) is 1.28. The summed E-state index contributed by atoms with van der Waals surface area (Å²) in [5.41, 5.74) is 1.94. The van der Waals surface area contributed by atoms with E-state index in [0.717, 1.165) is 55.2 Å². The summed E-state index contributed by atoms with van der Waals surface area (Å²) >= 11 is 0. The van der Waals surface area contributed by atoms with Crippen LogP contribution in [0.5, 0.6) is 0 Å². The Morgan fingerprint density at radius 3 is 2.35 bits per heavy atom. The Bertz CT molecular complexity index is 678. The van der Waals surface area contributed by atoms with Crippen molar-refractivity contribution >= 4 is 17.6 Å². The molecule has 3 heterocycles. The standard InChI is InChI=1S/C16H23N7/c1-12-11-18-13(2)15(19-12)23-9-7-22(8-10-23)14-5-6-17-16(20-14)21(3)4/h5-6,11H,7-10H2,1-4H3. The van der Waals surface area contributed by atoms with E-state index in [-0.39, 0.29) is 0 Å². The van der Waals surface area contributed by atoms with Gasteiger partial charge in [-0.3, -0.25) is 4.98 Å². The molecular weight excluding hydrogens is 290 g/mol. The van der Waals surface area contributed by atoms with Gasteiger partial charge in [-0.15, -0.1) is 0 Å². The molecule has 0 amide bonds. The minimum atomic E-state index is 0.741. The first-order valence-corrected chi connectivity index (χ1v) is 7.85. The van der Waals surface area contributed by atoms with Crippen molar-refractivity contribution in [3.8, 4) is 0 Å². The molecule has 0 radical (unpaired) electrons. The summed E-state index contributed by atoms with van der Waals surface area (Å²) in [5.74, 6) is 2.72. The molecular formula is C16H23N7. The van der Waals surface area contributed by atoms with Crippen molar-refractivity contribution in [2.45, 2.75) is 13.8 Å². The van der Waals surface area contributed by atoms with Crippen molar-refractivity contribution in [3.63, 3.8) is 0 Å². The average molecular weight is 313 g/mol. The lowest BCUT2D eigenvalue weighted by Crippen LogP contribution is -2.47. The molecule has 1 saturated heterocycles. The van der Waals surface area contributed by atoms with Crippen LogP contribution in [0.15, 0.2) is 18.5 Å².